The normalized spacial score (nSPS) is 21.9. The second-order valence-corrected chi connectivity index (χ2v) is 18.0. The molecule has 0 spiro atoms. The lowest BCUT2D eigenvalue weighted by Crippen LogP contribution is -2.46. The van der Waals surface area contributed by atoms with Crippen LogP contribution < -0.4 is 16.4 Å². The number of phosphoric acid groups is 3. The summed E-state index contributed by atoms with van der Waals surface area (Å²) in [6, 6.07) is 0. The number of nitrogens with one attached hydrogen (secondary N) is 2. The van der Waals surface area contributed by atoms with Crippen molar-refractivity contribution in [3.8, 4) is 0 Å². The number of hydrogen-bond acceptors (Lipinski definition) is 20. The van der Waals surface area contributed by atoms with Gasteiger partial charge in [0.05, 0.1) is 19.5 Å². The molecule has 1 fully saturated rings. The Labute approximate surface area is 325 Å². The van der Waals surface area contributed by atoms with Crippen LogP contribution in [0.1, 0.15) is 33.4 Å². The molecule has 2 aromatic heterocycles. The monoisotopic (exact) mass is 895 g/mol. The van der Waals surface area contributed by atoms with Crippen molar-refractivity contribution in [1.82, 2.24) is 30.2 Å². The Bertz CT molecular complexity index is 1950. The Kier molecular flexibility index (Phi) is 16.6. The predicted octanol–water partition coefficient (Wildman–Crippen LogP) is -2.05. The first-order valence-electron chi connectivity index (χ1n) is 16.0. The number of carboxylic acids is 1. The lowest BCUT2D eigenvalue weighted by molar-refractivity contribution is -0.148. The number of amides is 2. The predicted molar refractivity (Wildman–Crippen MR) is 189 cm³/mol. The Morgan fingerprint density at radius 1 is 1.04 bits per heavy atom. The summed E-state index contributed by atoms with van der Waals surface area (Å²) in [7, 11) is -16.5. The number of Topliss-reactive ketones (excluding diaryl/α,β-unsaturated/α-hetero) is 1. The molecule has 0 aromatic carbocycles. The molecule has 27 nitrogen and oxygen atoms in total. The SMILES string of the molecule is CC(=O)C(C(=O)O)C(=O)SCCNC(=O)CCNC(=O)C(O)C(C)(C)COP(=O)(O)OP(=O)(O)OC[C@H]1O[C@@H](n2cnc3c(N)ncnc32)[C@H](O)[C@@H]1OP(=O)(O)O. The van der Waals surface area contributed by atoms with Gasteiger partial charge in [-0.1, -0.05) is 25.6 Å². The van der Waals surface area contributed by atoms with Gasteiger partial charge >= 0.3 is 29.4 Å². The average molecular weight is 896 g/mol. The van der Waals surface area contributed by atoms with Crippen molar-refractivity contribution in [2.75, 3.05) is 37.8 Å². The van der Waals surface area contributed by atoms with Crippen LogP contribution in [-0.2, 0) is 60.3 Å². The molecule has 11 N–H and O–H groups in total. The molecule has 2 amide bonds. The Morgan fingerprint density at radius 2 is 1.68 bits per heavy atom. The van der Waals surface area contributed by atoms with E-state index in [1.807, 2.05) is 0 Å². The van der Waals surface area contributed by atoms with E-state index in [0.29, 0.717) is 11.8 Å². The summed E-state index contributed by atoms with van der Waals surface area (Å²) in [5, 5.41) is 34.1. The van der Waals surface area contributed by atoms with Gasteiger partial charge in [-0.15, -0.1) is 0 Å². The van der Waals surface area contributed by atoms with Crippen LogP contribution in [0.4, 0.5) is 5.82 Å². The van der Waals surface area contributed by atoms with E-state index < -0.39 is 107 Å². The summed E-state index contributed by atoms with van der Waals surface area (Å²) in [4.78, 5) is 110. The van der Waals surface area contributed by atoms with Crippen molar-refractivity contribution in [3.63, 3.8) is 0 Å². The zero-order valence-corrected chi connectivity index (χ0v) is 33.4. The standard InChI is InChI=1S/C26H40N7O20P3S/c1-12(34)15(24(39)40)25(41)57-7-6-28-14(35)4-5-29-22(38)19(37)26(2,3)9-50-56(47,48)53-55(45,46)49-8-13-18(52-54(42,43)44)17(36)23(51-13)33-11-32-16-20(27)30-10-31-21(16)33/h10-11,13,15,17-19,23,36-37H,4-9H2,1-3H3,(H,28,35)(H,29,38)(H,39,40)(H,45,46)(H,47,48)(H2,27,30,31)(H2,42,43,44)/t13-,15?,17-,18-,19?,23-/m1/s1. The Balaban J connectivity index is 1.49. The first-order chi connectivity index (χ1) is 26.2. The number of ketones is 1. The quantitative estimate of drug-likeness (QED) is 0.0345. The van der Waals surface area contributed by atoms with Crippen molar-refractivity contribution < 1.29 is 95.2 Å². The molecular weight excluding hydrogens is 855 g/mol. The van der Waals surface area contributed by atoms with E-state index >= 15 is 0 Å². The third kappa shape index (κ3) is 13.9. The van der Waals surface area contributed by atoms with Gasteiger partial charge in [-0.2, -0.15) is 4.31 Å². The maximum atomic E-state index is 12.7. The van der Waals surface area contributed by atoms with Crippen LogP contribution in [0.25, 0.3) is 11.2 Å². The van der Waals surface area contributed by atoms with Crippen LogP contribution >= 0.6 is 35.2 Å². The Hall–Kier alpha value is -3.30. The zero-order valence-electron chi connectivity index (χ0n) is 29.9. The number of imidazole rings is 1. The first-order valence-corrected chi connectivity index (χ1v) is 21.5. The second-order valence-electron chi connectivity index (χ2n) is 12.6. The fourth-order valence-corrected chi connectivity index (χ4v) is 8.47. The van der Waals surface area contributed by atoms with Crippen molar-refractivity contribution in [2.24, 2.45) is 11.3 Å². The van der Waals surface area contributed by atoms with E-state index in [1.54, 1.807) is 0 Å². The molecule has 1 aliphatic heterocycles. The number of anilines is 1. The van der Waals surface area contributed by atoms with Crippen molar-refractivity contribution >= 4 is 80.9 Å². The number of fused-ring (bicyclic) bond motifs is 1. The number of nitrogens with zero attached hydrogens (tertiary/aromatic N) is 4. The van der Waals surface area contributed by atoms with Gasteiger partial charge in [-0.3, -0.25) is 42.1 Å². The minimum atomic E-state index is -5.61. The van der Waals surface area contributed by atoms with Crippen molar-refractivity contribution in [3.05, 3.63) is 12.7 Å². The fourth-order valence-electron chi connectivity index (χ4n) is 4.81. The number of nitrogen functional groups attached to an aromatic ring is 1. The number of aliphatic carboxylic acids is 1. The van der Waals surface area contributed by atoms with Gasteiger partial charge in [0.25, 0.3) is 0 Å². The fraction of sp³-hybridized carbons (Fsp3) is 0.615. The molecular formula is C26H40N7O20P3S. The van der Waals surface area contributed by atoms with Crippen LogP contribution in [0.5, 0.6) is 0 Å². The molecule has 3 heterocycles. The topological polar surface area (TPSA) is 418 Å². The molecule has 0 radical (unpaired) electrons. The molecule has 320 valence electrons. The first kappa shape index (κ1) is 48.1. The smallest absolute Gasteiger partial charge is 0.480 e. The maximum Gasteiger partial charge on any atom is 0.481 e. The number of aliphatic hydroxyl groups excluding tert-OH is 2. The number of carboxylic acid groups (broad SMARTS) is 1. The lowest BCUT2D eigenvalue weighted by Gasteiger charge is -2.30. The van der Waals surface area contributed by atoms with E-state index in [-0.39, 0.29) is 42.2 Å². The number of aromatic nitrogens is 4. The van der Waals surface area contributed by atoms with E-state index in [1.165, 1.54) is 13.8 Å². The number of thioether (sulfide) groups is 1. The number of aliphatic hydroxyl groups is 2. The number of hydrogen-bond donors (Lipinski definition) is 10. The highest BCUT2D eigenvalue weighted by Gasteiger charge is 2.50. The molecule has 4 unspecified atom stereocenters. The van der Waals surface area contributed by atoms with Gasteiger partial charge in [-0.25, -0.2) is 28.6 Å². The molecule has 8 atom stereocenters. The molecule has 0 bridgehead atoms. The Morgan fingerprint density at radius 3 is 2.30 bits per heavy atom. The number of rotatable bonds is 22. The van der Waals surface area contributed by atoms with E-state index in [9.17, 15) is 67.5 Å². The van der Waals surface area contributed by atoms with Crippen molar-refractivity contribution in [1.29, 1.82) is 0 Å². The number of ether oxygens (including phenoxy) is 1. The number of carbonyl (C=O) groups excluding carboxylic acids is 4. The van der Waals surface area contributed by atoms with Crippen LogP contribution in [-0.4, -0.2) is 140 Å². The van der Waals surface area contributed by atoms with Crippen LogP contribution in [0.15, 0.2) is 12.7 Å². The van der Waals surface area contributed by atoms with Gasteiger partial charge in [-0.05, 0) is 6.92 Å². The highest BCUT2D eigenvalue weighted by atomic mass is 32.2. The van der Waals surface area contributed by atoms with Crippen LogP contribution in [0, 0.1) is 11.3 Å². The molecule has 0 saturated carbocycles. The molecule has 0 aliphatic carbocycles. The third-order valence-electron chi connectivity index (χ3n) is 7.64. The summed E-state index contributed by atoms with van der Waals surface area (Å²) in [5.41, 5.74) is 4.15. The third-order valence-corrected chi connectivity index (χ3v) is 11.7. The molecule has 31 heteroatoms. The summed E-state index contributed by atoms with van der Waals surface area (Å²) in [6.07, 6.45) is -7.26. The van der Waals surface area contributed by atoms with E-state index in [2.05, 4.69) is 34.4 Å². The van der Waals surface area contributed by atoms with Gasteiger partial charge in [0.2, 0.25) is 16.9 Å². The highest BCUT2D eigenvalue weighted by Crippen LogP contribution is 2.61. The summed E-state index contributed by atoms with van der Waals surface area (Å²) in [5.74, 6) is -6.05. The molecule has 57 heavy (non-hydrogen) atoms. The summed E-state index contributed by atoms with van der Waals surface area (Å²) < 4.78 is 61.9. The number of phosphoric ester groups is 3. The van der Waals surface area contributed by atoms with Gasteiger partial charge in [0.15, 0.2) is 29.4 Å². The maximum absolute atomic E-state index is 12.7. The molecule has 1 aliphatic rings. The van der Waals surface area contributed by atoms with Gasteiger partial charge < -0.3 is 56.0 Å². The average Bonchev–Trinajstić information content (AvgIpc) is 3.64. The van der Waals surface area contributed by atoms with Crippen LogP contribution in [0.2, 0.25) is 0 Å². The zero-order chi connectivity index (χ0) is 43.1. The minimum Gasteiger partial charge on any atom is -0.480 e. The molecule has 1 saturated heterocycles. The molecule has 2 aromatic rings. The lowest BCUT2D eigenvalue weighted by atomic mass is 9.87. The minimum absolute atomic E-state index is 0.0110. The van der Waals surface area contributed by atoms with E-state index in [4.69, 9.17) is 24.6 Å². The summed E-state index contributed by atoms with van der Waals surface area (Å²) >= 11 is 0.533. The van der Waals surface area contributed by atoms with Crippen LogP contribution in [0.3, 0.4) is 0 Å². The highest BCUT2D eigenvalue weighted by molar-refractivity contribution is 8.13. The van der Waals surface area contributed by atoms with Gasteiger partial charge in [0, 0.05) is 30.7 Å². The van der Waals surface area contributed by atoms with Gasteiger partial charge in [0.1, 0.15) is 36.3 Å². The van der Waals surface area contributed by atoms with Crippen molar-refractivity contribution in [2.45, 2.75) is 57.8 Å². The molecule has 3 rings (SSSR count). The largest absolute Gasteiger partial charge is 0.481 e. The second kappa shape index (κ2) is 19.6. The van der Waals surface area contributed by atoms with E-state index in [0.717, 1.165) is 24.1 Å². The number of carbonyl (C=O) groups is 5. The summed E-state index contributed by atoms with van der Waals surface area (Å²) in [6.45, 7) is 0.848. The number of nitrogens with two attached hydrogens (primary N) is 1.